The van der Waals surface area contributed by atoms with Gasteiger partial charge in [0.05, 0.1) is 40.4 Å². The van der Waals surface area contributed by atoms with E-state index in [-0.39, 0.29) is 18.5 Å². The molecule has 9 heteroatoms. The zero-order valence-electron chi connectivity index (χ0n) is 18.0. The molecule has 4 heterocycles. The van der Waals surface area contributed by atoms with Crippen molar-refractivity contribution in [3.8, 4) is 22.6 Å². The number of hydrogen-bond acceptors (Lipinski definition) is 7. The van der Waals surface area contributed by atoms with E-state index in [2.05, 4.69) is 15.3 Å². The molecule has 4 aromatic heterocycles. The standard InChI is InChI=1S/C24H21FN6OS/c1-14(20-13-33-15(2)28-20)27-24-26-9-7-19(29-24)23-22(17-3-5-18(25)6-4-17)30-21-11-16(12-32)8-10-31(21)23/h3-11,13-14,32H,12H2,1-2H3,(H,26,27,29). The van der Waals surface area contributed by atoms with Gasteiger partial charge in [-0.3, -0.25) is 4.40 Å². The van der Waals surface area contributed by atoms with E-state index < -0.39 is 0 Å². The van der Waals surface area contributed by atoms with E-state index in [0.717, 1.165) is 27.5 Å². The highest BCUT2D eigenvalue weighted by Crippen LogP contribution is 2.33. The summed E-state index contributed by atoms with van der Waals surface area (Å²) < 4.78 is 15.5. The molecule has 0 bridgehead atoms. The largest absolute Gasteiger partial charge is 0.392 e. The van der Waals surface area contributed by atoms with Gasteiger partial charge in [-0.05, 0) is 61.9 Å². The Morgan fingerprint density at radius 1 is 1.12 bits per heavy atom. The van der Waals surface area contributed by atoms with Crippen LogP contribution in [0.4, 0.5) is 10.3 Å². The molecular weight excluding hydrogens is 439 g/mol. The van der Waals surface area contributed by atoms with Crippen LogP contribution in [0.15, 0.2) is 60.2 Å². The molecule has 5 aromatic rings. The smallest absolute Gasteiger partial charge is 0.223 e. The Morgan fingerprint density at radius 3 is 2.67 bits per heavy atom. The van der Waals surface area contributed by atoms with Crippen molar-refractivity contribution in [2.24, 2.45) is 0 Å². The van der Waals surface area contributed by atoms with Crippen molar-refractivity contribution in [2.45, 2.75) is 26.5 Å². The number of aromatic nitrogens is 5. The maximum absolute atomic E-state index is 13.6. The molecule has 0 saturated heterocycles. The molecule has 0 aliphatic carbocycles. The normalized spacial score (nSPS) is 12.2. The number of imidazole rings is 1. The van der Waals surface area contributed by atoms with Gasteiger partial charge in [-0.15, -0.1) is 11.3 Å². The van der Waals surface area contributed by atoms with Crippen LogP contribution in [0.3, 0.4) is 0 Å². The lowest BCUT2D eigenvalue weighted by Gasteiger charge is -2.12. The Hall–Kier alpha value is -3.69. The molecule has 0 aliphatic rings. The first-order valence-electron chi connectivity index (χ1n) is 10.4. The van der Waals surface area contributed by atoms with E-state index in [0.29, 0.717) is 23.0 Å². The van der Waals surface area contributed by atoms with Crippen molar-refractivity contribution in [1.82, 2.24) is 24.3 Å². The summed E-state index contributed by atoms with van der Waals surface area (Å²) in [6.45, 7) is 3.90. The second-order valence-electron chi connectivity index (χ2n) is 7.66. The van der Waals surface area contributed by atoms with Crippen LogP contribution < -0.4 is 5.32 Å². The van der Waals surface area contributed by atoms with E-state index in [1.54, 1.807) is 29.7 Å². The van der Waals surface area contributed by atoms with Gasteiger partial charge in [0.25, 0.3) is 0 Å². The van der Waals surface area contributed by atoms with E-state index >= 15 is 0 Å². The molecule has 1 atom stereocenters. The van der Waals surface area contributed by atoms with Crippen LogP contribution in [0.1, 0.15) is 29.2 Å². The van der Waals surface area contributed by atoms with Crippen LogP contribution in [0.5, 0.6) is 0 Å². The Labute approximate surface area is 193 Å². The highest BCUT2D eigenvalue weighted by Gasteiger charge is 2.19. The number of aliphatic hydroxyl groups is 1. The van der Waals surface area contributed by atoms with Gasteiger partial charge in [-0.1, -0.05) is 0 Å². The van der Waals surface area contributed by atoms with Crippen LogP contribution in [-0.2, 0) is 6.61 Å². The third-order valence-electron chi connectivity index (χ3n) is 5.32. The zero-order valence-corrected chi connectivity index (χ0v) is 18.8. The first kappa shape index (κ1) is 21.2. The predicted octanol–water partition coefficient (Wildman–Crippen LogP) is 5.03. The summed E-state index contributed by atoms with van der Waals surface area (Å²) in [6, 6.07) is 11.6. The molecule has 0 aliphatic heterocycles. The monoisotopic (exact) mass is 460 g/mol. The number of fused-ring (bicyclic) bond motifs is 1. The second kappa shape index (κ2) is 8.68. The molecule has 1 unspecified atom stereocenters. The molecule has 33 heavy (non-hydrogen) atoms. The number of hydrogen-bond donors (Lipinski definition) is 2. The summed E-state index contributed by atoms with van der Waals surface area (Å²) in [5.41, 5.74) is 5.20. The maximum atomic E-state index is 13.6. The quantitative estimate of drug-likeness (QED) is 0.370. The number of aliphatic hydroxyl groups excluding tert-OH is 1. The Bertz CT molecular complexity index is 1430. The van der Waals surface area contributed by atoms with Crippen molar-refractivity contribution < 1.29 is 9.50 Å². The van der Waals surface area contributed by atoms with E-state index in [1.807, 2.05) is 48.0 Å². The summed E-state index contributed by atoms with van der Waals surface area (Å²) in [4.78, 5) is 18.4. The number of nitrogens with zero attached hydrogens (tertiary/aromatic N) is 5. The van der Waals surface area contributed by atoms with Crippen molar-refractivity contribution in [2.75, 3.05) is 5.32 Å². The first-order chi connectivity index (χ1) is 16.0. The number of rotatable bonds is 6. The fourth-order valence-electron chi connectivity index (χ4n) is 3.65. The van der Waals surface area contributed by atoms with Crippen molar-refractivity contribution in [3.05, 3.63) is 82.3 Å². The van der Waals surface area contributed by atoms with Crippen LogP contribution in [0, 0.1) is 12.7 Å². The van der Waals surface area contributed by atoms with Crippen LogP contribution in [-0.4, -0.2) is 29.4 Å². The Balaban J connectivity index is 1.60. The minimum atomic E-state index is -0.314. The third-order valence-corrected chi connectivity index (χ3v) is 6.11. The number of aryl methyl sites for hydroxylation is 1. The van der Waals surface area contributed by atoms with Crippen LogP contribution in [0.2, 0.25) is 0 Å². The van der Waals surface area contributed by atoms with Gasteiger partial charge in [0.2, 0.25) is 5.95 Å². The number of halogens is 1. The van der Waals surface area contributed by atoms with Crippen molar-refractivity contribution in [3.63, 3.8) is 0 Å². The minimum Gasteiger partial charge on any atom is -0.392 e. The molecule has 0 fully saturated rings. The molecule has 0 spiro atoms. The lowest BCUT2D eigenvalue weighted by molar-refractivity contribution is 0.282. The molecule has 2 N–H and O–H groups in total. The zero-order chi connectivity index (χ0) is 22.9. The molecule has 0 saturated carbocycles. The van der Waals surface area contributed by atoms with E-state index in [1.165, 1.54) is 12.1 Å². The summed E-state index contributed by atoms with van der Waals surface area (Å²) >= 11 is 1.60. The van der Waals surface area contributed by atoms with Gasteiger partial charge in [-0.25, -0.2) is 24.3 Å². The van der Waals surface area contributed by atoms with Crippen LogP contribution in [0.25, 0.3) is 28.3 Å². The third kappa shape index (κ3) is 4.20. The predicted molar refractivity (Wildman–Crippen MR) is 126 cm³/mol. The van der Waals surface area contributed by atoms with Gasteiger partial charge in [0.1, 0.15) is 11.5 Å². The lowest BCUT2D eigenvalue weighted by Crippen LogP contribution is -2.10. The lowest BCUT2D eigenvalue weighted by atomic mass is 10.1. The van der Waals surface area contributed by atoms with Gasteiger partial charge >= 0.3 is 0 Å². The molecular formula is C24H21FN6OS. The number of anilines is 1. The number of pyridine rings is 1. The summed E-state index contributed by atoms with van der Waals surface area (Å²) in [7, 11) is 0. The average molecular weight is 461 g/mol. The van der Waals surface area contributed by atoms with E-state index in [4.69, 9.17) is 9.97 Å². The van der Waals surface area contributed by atoms with Gasteiger partial charge in [0, 0.05) is 23.3 Å². The molecule has 0 radical (unpaired) electrons. The van der Waals surface area contributed by atoms with Gasteiger partial charge < -0.3 is 10.4 Å². The summed E-state index contributed by atoms with van der Waals surface area (Å²) in [5, 5.41) is 15.9. The highest BCUT2D eigenvalue weighted by molar-refractivity contribution is 7.09. The first-order valence-corrected chi connectivity index (χ1v) is 11.3. The number of benzene rings is 1. The Morgan fingerprint density at radius 2 is 1.94 bits per heavy atom. The number of nitrogens with one attached hydrogen (secondary N) is 1. The Kier molecular flexibility index (Phi) is 5.57. The van der Waals surface area contributed by atoms with Crippen molar-refractivity contribution >= 4 is 22.9 Å². The fraction of sp³-hybridized carbons (Fsp3) is 0.167. The fourth-order valence-corrected chi connectivity index (χ4v) is 4.35. The molecule has 5 rings (SSSR count). The summed E-state index contributed by atoms with van der Waals surface area (Å²) in [6.07, 6.45) is 3.55. The van der Waals surface area contributed by atoms with Crippen LogP contribution >= 0.6 is 11.3 Å². The molecule has 1 aromatic carbocycles. The van der Waals surface area contributed by atoms with E-state index in [9.17, 15) is 9.50 Å². The molecule has 7 nitrogen and oxygen atoms in total. The topological polar surface area (TPSA) is 88.2 Å². The van der Waals surface area contributed by atoms with Crippen molar-refractivity contribution in [1.29, 1.82) is 0 Å². The minimum absolute atomic E-state index is 0.0592. The van der Waals surface area contributed by atoms with Gasteiger partial charge in [-0.2, -0.15) is 0 Å². The van der Waals surface area contributed by atoms with Gasteiger partial charge in [0.15, 0.2) is 0 Å². The second-order valence-corrected chi connectivity index (χ2v) is 8.72. The molecule has 0 amide bonds. The number of thiazole rings is 1. The maximum Gasteiger partial charge on any atom is 0.223 e. The SMILES string of the molecule is Cc1nc(C(C)Nc2nccc(-c3c(-c4ccc(F)cc4)nc4cc(CO)ccn34)n2)cs1. The average Bonchev–Trinajstić information content (AvgIpc) is 3.43. The molecule has 166 valence electrons. The summed E-state index contributed by atoms with van der Waals surface area (Å²) in [5.74, 6) is 0.157. The highest BCUT2D eigenvalue weighted by atomic mass is 32.1.